The van der Waals surface area contributed by atoms with Gasteiger partial charge in [-0.2, -0.15) is 0 Å². The van der Waals surface area contributed by atoms with E-state index in [0.717, 1.165) is 19.3 Å². The molecule has 0 N–H and O–H groups in total. The zero-order chi connectivity index (χ0) is 8.97. The lowest BCUT2D eigenvalue weighted by atomic mass is 9.80. The van der Waals surface area contributed by atoms with E-state index in [4.69, 9.17) is 0 Å². The maximum atomic E-state index is 11.5. The molecule has 2 atom stereocenters. The van der Waals surface area contributed by atoms with Crippen molar-refractivity contribution in [3.63, 3.8) is 0 Å². The second-order valence-electron chi connectivity index (χ2n) is 3.70. The van der Waals surface area contributed by atoms with Gasteiger partial charge in [0, 0.05) is 12.3 Å². The van der Waals surface area contributed by atoms with E-state index < -0.39 is 0 Å². The molecule has 2 unspecified atom stereocenters. The SMILES string of the molecule is C/C=C/C(C)C1CCCCC1=O. The highest BCUT2D eigenvalue weighted by atomic mass is 16.1. The van der Waals surface area contributed by atoms with E-state index in [1.54, 1.807) is 0 Å². The third-order valence-corrected chi connectivity index (χ3v) is 2.73. The Kier molecular flexibility index (Phi) is 3.51. The third kappa shape index (κ3) is 2.20. The van der Waals surface area contributed by atoms with Crippen molar-refractivity contribution in [2.75, 3.05) is 0 Å². The summed E-state index contributed by atoms with van der Waals surface area (Å²) in [6, 6.07) is 0. The zero-order valence-corrected chi connectivity index (χ0v) is 8.05. The quantitative estimate of drug-likeness (QED) is 0.576. The van der Waals surface area contributed by atoms with Crippen molar-refractivity contribution >= 4 is 5.78 Å². The van der Waals surface area contributed by atoms with Crippen LogP contribution in [0.5, 0.6) is 0 Å². The van der Waals surface area contributed by atoms with Crippen molar-refractivity contribution in [1.82, 2.24) is 0 Å². The van der Waals surface area contributed by atoms with Crippen LogP contribution in [0.3, 0.4) is 0 Å². The Morgan fingerprint density at radius 1 is 1.50 bits per heavy atom. The number of Topliss-reactive ketones (excluding diaryl/α,β-unsaturated/α-hetero) is 1. The summed E-state index contributed by atoms with van der Waals surface area (Å²) in [5, 5.41) is 0. The monoisotopic (exact) mass is 166 g/mol. The van der Waals surface area contributed by atoms with E-state index in [-0.39, 0.29) is 0 Å². The number of allylic oxidation sites excluding steroid dienone is 2. The molecule has 68 valence electrons. The molecule has 0 aromatic rings. The summed E-state index contributed by atoms with van der Waals surface area (Å²) >= 11 is 0. The molecule has 0 spiro atoms. The maximum absolute atomic E-state index is 11.5. The highest BCUT2D eigenvalue weighted by Crippen LogP contribution is 2.27. The molecule has 0 heterocycles. The average molecular weight is 166 g/mol. The fourth-order valence-electron chi connectivity index (χ4n) is 2.00. The predicted molar refractivity (Wildman–Crippen MR) is 50.9 cm³/mol. The molecule has 1 aliphatic carbocycles. The van der Waals surface area contributed by atoms with Crippen LogP contribution in [0, 0.1) is 11.8 Å². The lowest BCUT2D eigenvalue weighted by molar-refractivity contribution is -0.125. The highest BCUT2D eigenvalue weighted by Gasteiger charge is 2.25. The molecule has 0 saturated heterocycles. The van der Waals surface area contributed by atoms with Gasteiger partial charge in [0.05, 0.1) is 0 Å². The molecule has 1 nitrogen and oxygen atoms in total. The average Bonchev–Trinajstić information content (AvgIpc) is 2.05. The molecular weight excluding hydrogens is 148 g/mol. The summed E-state index contributed by atoms with van der Waals surface area (Å²) in [5.41, 5.74) is 0. The summed E-state index contributed by atoms with van der Waals surface area (Å²) in [5.74, 6) is 1.24. The minimum absolute atomic E-state index is 0.315. The van der Waals surface area contributed by atoms with Gasteiger partial charge in [-0.1, -0.05) is 25.5 Å². The van der Waals surface area contributed by atoms with Crippen LogP contribution in [0.4, 0.5) is 0 Å². The second-order valence-corrected chi connectivity index (χ2v) is 3.70. The second kappa shape index (κ2) is 4.44. The fraction of sp³-hybridized carbons (Fsp3) is 0.727. The zero-order valence-electron chi connectivity index (χ0n) is 8.05. The summed E-state index contributed by atoms with van der Waals surface area (Å²) in [6.45, 7) is 4.16. The van der Waals surface area contributed by atoms with Gasteiger partial charge in [-0.25, -0.2) is 0 Å². The lowest BCUT2D eigenvalue weighted by Gasteiger charge is -2.24. The van der Waals surface area contributed by atoms with Gasteiger partial charge >= 0.3 is 0 Å². The van der Waals surface area contributed by atoms with Crippen LogP contribution in [0.15, 0.2) is 12.2 Å². The van der Waals surface area contributed by atoms with Crippen LogP contribution < -0.4 is 0 Å². The van der Waals surface area contributed by atoms with Crippen LogP contribution in [-0.4, -0.2) is 5.78 Å². The van der Waals surface area contributed by atoms with Crippen LogP contribution in [0.1, 0.15) is 39.5 Å². The molecular formula is C11H18O. The first-order chi connectivity index (χ1) is 5.75. The van der Waals surface area contributed by atoms with E-state index in [0.29, 0.717) is 17.6 Å². The number of ketones is 1. The first kappa shape index (κ1) is 9.50. The molecule has 0 amide bonds. The summed E-state index contributed by atoms with van der Waals surface area (Å²) < 4.78 is 0. The minimum Gasteiger partial charge on any atom is -0.299 e. The van der Waals surface area contributed by atoms with Gasteiger partial charge in [-0.05, 0) is 25.7 Å². The summed E-state index contributed by atoms with van der Waals surface area (Å²) in [4.78, 5) is 11.5. The number of hydrogen-bond donors (Lipinski definition) is 0. The molecule has 1 saturated carbocycles. The van der Waals surface area contributed by atoms with Crippen molar-refractivity contribution < 1.29 is 4.79 Å². The first-order valence-electron chi connectivity index (χ1n) is 4.91. The molecule has 1 fully saturated rings. The molecule has 0 radical (unpaired) electrons. The van der Waals surface area contributed by atoms with Crippen molar-refractivity contribution in [1.29, 1.82) is 0 Å². The standard InChI is InChI=1S/C11H18O/c1-3-6-9(2)10-7-4-5-8-11(10)12/h3,6,9-10H,4-5,7-8H2,1-2H3/b6-3+. The van der Waals surface area contributed by atoms with E-state index in [2.05, 4.69) is 13.0 Å². The fourth-order valence-corrected chi connectivity index (χ4v) is 2.00. The van der Waals surface area contributed by atoms with E-state index in [1.807, 2.05) is 13.0 Å². The van der Waals surface area contributed by atoms with E-state index in [1.165, 1.54) is 6.42 Å². The van der Waals surface area contributed by atoms with E-state index in [9.17, 15) is 4.79 Å². The largest absolute Gasteiger partial charge is 0.299 e. The molecule has 0 aromatic heterocycles. The van der Waals surface area contributed by atoms with Gasteiger partial charge in [-0.3, -0.25) is 4.79 Å². The molecule has 12 heavy (non-hydrogen) atoms. The van der Waals surface area contributed by atoms with Crippen molar-refractivity contribution in [3.8, 4) is 0 Å². The van der Waals surface area contributed by atoms with Crippen LogP contribution in [-0.2, 0) is 4.79 Å². The van der Waals surface area contributed by atoms with Crippen molar-refractivity contribution in [3.05, 3.63) is 12.2 Å². The predicted octanol–water partition coefficient (Wildman–Crippen LogP) is 2.96. The van der Waals surface area contributed by atoms with Crippen molar-refractivity contribution in [2.45, 2.75) is 39.5 Å². The maximum Gasteiger partial charge on any atom is 0.136 e. The van der Waals surface area contributed by atoms with Gasteiger partial charge in [0.1, 0.15) is 5.78 Å². The Labute approximate surface area is 74.9 Å². The molecule has 1 aliphatic rings. The van der Waals surface area contributed by atoms with E-state index >= 15 is 0 Å². The van der Waals surface area contributed by atoms with Crippen LogP contribution in [0.2, 0.25) is 0 Å². The van der Waals surface area contributed by atoms with Crippen LogP contribution >= 0.6 is 0 Å². The highest BCUT2D eigenvalue weighted by molar-refractivity contribution is 5.82. The molecule has 0 bridgehead atoms. The minimum atomic E-state index is 0.315. The number of hydrogen-bond acceptors (Lipinski definition) is 1. The molecule has 1 heteroatoms. The number of carbonyl (C=O) groups excluding carboxylic acids is 1. The Morgan fingerprint density at radius 2 is 2.25 bits per heavy atom. The Morgan fingerprint density at radius 3 is 2.83 bits per heavy atom. The lowest BCUT2D eigenvalue weighted by Crippen LogP contribution is -2.24. The van der Waals surface area contributed by atoms with Crippen molar-refractivity contribution in [2.24, 2.45) is 11.8 Å². The van der Waals surface area contributed by atoms with Gasteiger partial charge in [0.15, 0.2) is 0 Å². The third-order valence-electron chi connectivity index (χ3n) is 2.73. The topological polar surface area (TPSA) is 17.1 Å². The van der Waals surface area contributed by atoms with Gasteiger partial charge in [-0.15, -0.1) is 0 Å². The smallest absolute Gasteiger partial charge is 0.136 e. The molecule has 1 rings (SSSR count). The summed E-state index contributed by atoms with van der Waals surface area (Å²) in [6.07, 6.45) is 8.45. The van der Waals surface area contributed by atoms with Crippen LogP contribution in [0.25, 0.3) is 0 Å². The summed E-state index contributed by atoms with van der Waals surface area (Å²) in [7, 11) is 0. The van der Waals surface area contributed by atoms with Gasteiger partial charge < -0.3 is 0 Å². The normalized spacial score (nSPS) is 27.8. The van der Waals surface area contributed by atoms with Gasteiger partial charge in [0.2, 0.25) is 0 Å². The molecule has 0 aliphatic heterocycles. The Balaban J connectivity index is 2.53. The van der Waals surface area contributed by atoms with Gasteiger partial charge in [0.25, 0.3) is 0 Å². The first-order valence-corrected chi connectivity index (χ1v) is 4.91. The number of rotatable bonds is 2. The number of carbonyl (C=O) groups is 1. The molecule has 0 aromatic carbocycles. The Bertz CT molecular complexity index is 181. The Hall–Kier alpha value is -0.590.